The molecule has 0 radical (unpaired) electrons. The summed E-state index contributed by atoms with van der Waals surface area (Å²) in [5.41, 5.74) is -0.467. The summed E-state index contributed by atoms with van der Waals surface area (Å²) in [6.45, 7) is 3.75. The summed E-state index contributed by atoms with van der Waals surface area (Å²) in [6, 6.07) is 7.81. The van der Waals surface area contributed by atoms with E-state index < -0.39 is 35.6 Å². The molecule has 2 bridgehead atoms. The number of anilines is 1. The number of rotatable bonds is 8. The number of ether oxygens (including phenoxy) is 1. The molecule has 3 N–H and O–H groups in total. The van der Waals surface area contributed by atoms with Gasteiger partial charge in [0.05, 0.1) is 30.6 Å². The second-order valence-corrected chi connectivity index (χ2v) is 12.4. The molecule has 1 saturated carbocycles. The number of benzene rings is 1. The zero-order valence-corrected chi connectivity index (χ0v) is 23.2. The van der Waals surface area contributed by atoms with E-state index in [4.69, 9.17) is 4.74 Å². The van der Waals surface area contributed by atoms with Crippen molar-refractivity contribution >= 4 is 39.3 Å². The van der Waals surface area contributed by atoms with Crippen molar-refractivity contribution in [2.75, 3.05) is 11.9 Å². The molecule has 4 fully saturated rings. The molecule has 0 aromatic heterocycles. The van der Waals surface area contributed by atoms with Gasteiger partial charge in [0.25, 0.3) is 0 Å². The van der Waals surface area contributed by atoms with Crippen LogP contribution in [-0.4, -0.2) is 69.0 Å². The molecule has 1 aliphatic carbocycles. The largest absolute Gasteiger partial charge is 0.394 e. The average molecular weight is 577 g/mol. The Balaban J connectivity index is 1.51. The lowest BCUT2D eigenvalue weighted by molar-refractivity contribution is -0.146. The first-order valence-electron chi connectivity index (χ1n) is 13.7. The number of likely N-dealkylation sites (tertiary alicyclic amines) is 1. The van der Waals surface area contributed by atoms with E-state index in [-0.39, 0.29) is 41.1 Å². The molecule has 3 aliphatic heterocycles. The molecule has 8 atom stereocenters. The Bertz CT molecular complexity index is 1020. The summed E-state index contributed by atoms with van der Waals surface area (Å²) in [6.07, 6.45) is 5.84. The van der Waals surface area contributed by atoms with Gasteiger partial charge in [0.1, 0.15) is 11.6 Å². The quantitative estimate of drug-likeness (QED) is 0.412. The lowest BCUT2D eigenvalue weighted by Gasteiger charge is -2.39. The van der Waals surface area contributed by atoms with Crippen LogP contribution in [-0.2, 0) is 19.1 Å². The summed E-state index contributed by atoms with van der Waals surface area (Å²) < 4.78 is 6.59. The number of halogens is 1. The van der Waals surface area contributed by atoms with Crippen LogP contribution in [0.15, 0.2) is 30.3 Å². The van der Waals surface area contributed by atoms with E-state index in [1.54, 1.807) is 17.0 Å². The molecule has 3 heterocycles. The van der Waals surface area contributed by atoms with Crippen molar-refractivity contribution in [2.24, 2.45) is 17.8 Å². The number of nitrogens with zero attached hydrogens (tertiary/aromatic N) is 1. The highest BCUT2D eigenvalue weighted by Crippen LogP contribution is 2.60. The van der Waals surface area contributed by atoms with Crippen LogP contribution in [0.2, 0.25) is 0 Å². The number of amides is 3. The van der Waals surface area contributed by atoms with Crippen LogP contribution in [0.3, 0.4) is 0 Å². The average Bonchev–Trinajstić information content (AvgIpc) is 3.49. The molecule has 37 heavy (non-hydrogen) atoms. The maximum atomic E-state index is 14.2. The number of nitrogens with one attached hydrogen (secondary N) is 2. The summed E-state index contributed by atoms with van der Waals surface area (Å²) in [5, 5.41) is 16.6. The van der Waals surface area contributed by atoms with Crippen molar-refractivity contribution in [3.8, 4) is 0 Å². The van der Waals surface area contributed by atoms with E-state index in [1.165, 1.54) is 6.42 Å². The molecule has 4 aliphatic rings. The van der Waals surface area contributed by atoms with Gasteiger partial charge in [0.2, 0.25) is 17.7 Å². The summed E-state index contributed by atoms with van der Waals surface area (Å²) >= 11 is 3.72. The Labute approximate surface area is 227 Å². The van der Waals surface area contributed by atoms with Crippen LogP contribution in [0.25, 0.3) is 0 Å². The van der Waals surface area contributed by atoms with Crippen molar-refractivity contribution in [3.63, 3.8) is 0 Å². The number of carbonyl (C=O) groups is 3. The molecule has 3 unspecified atom stereocenters. The summed E-state index contributed by atoms with van der Waals surface area (Å²) in [4.78, 5) is 43.3. The standard InChI is InChI=1S/C28H38BrN3O5/c1-3-16(2)20(15-33)32-24(26(35)31-18-12-8-5-9-13-18)28-14-19(29)23(37-28)21(22(28)27(32)36)25(34)30-17-10-6-4-7-11-17/h4,6-7,10-11,16,18-24,33H,3,5,8-9,12-15H2,1-2H3,(H,30,34)(H,31,35)/t16-,19?,20-,21+,22-,23+,24?,28?/m0/s1. The van der Waals surface area contributed by atoms with Crippen molar-refractivity contribution in [2.45, 2.75) is 93.5 Å². The number of alkyl halides is 1. The van der Waals surface area contributed by atoms with E-state index in [9.17, 15) is 19.5 Å². The first-order chi connectivity index (χ1) is 17.8. The molecule has 3 amide bonds. The van der Waals surface area contributed by atoms with Gasteiger partial charge in [0.15, 0.2) is 0 Å². The van der Waals surface area contributed by atoms with Crippen LogP contribution in [0.5, 0.6) is 0 Å². The predicted molar refractivity (Wildman–Crippen MR) is 143 cm³/mol. The highest BCUT2D eigenvalue weighted by atomic mass is 79.9. The van der Waals surface area contributed by atoms with E-state index >= 15 is 0 Å². The second-order valence-electron chi connectivity index (χ2n) is 11.2. The topological polar surface area (TPSA) is 108 Å². The van der Waals surface area contributed by atoms with Crippen LogP contribution in [0.4, 0.5) is 5.69 Å². The molecular weight excluding hydrogens is 538 g/mol. The van der Waals surface area contributed by atoms with Gasteiger partial charge in [-0.3, -0.25) is 14.4 Å². The van der Waals surface area contributed by atoms with Gasteiger partial charge in [-0.2, -0.15) is 0 Å². The minimum Gasteiger partial charge on any atom is -0.394 e. The zero-order valence-electron chi connectivity index (χ0n) is 21.6. The third-order valence-electron chi connectivity index (χ3n) is 9.12. The minimum atomic E-state index is -1.12. The minimum absolute atomic E-state index is 0.0253. The molecule has 1 spiro atoms. The molecular formula is C28H38BrN3O5. The predicted octanol–water partition coefficient (Wildman–Crippen LogP) is 3.23. The Hall–Kier alpha value is -1.97. The Morgan fingerprint density at radius 1 is 1.19 bits per heavy atom. The maximum Gasteiger partial charge on any atom is 0.246 e. The van der Waals surface area contributed by atoms with E-state index in [2.05, 4.69) is 26.6 Å². The number of hydrogen-bond acceptors (Lipinski definition) is 5. The highest BCUT2D eigenvalue weighted by Gasteiger charge is 2.77. The fourth-order valence-corrected chi connectivity index (χ4v) is 8.06. The van der Waals surface area contributed by atoms with Gasteiger partial charge < -0.3 is 25.4 Å². The van der Waals surface area contributed by atoms with Gasteiger partial charge in [-0.1, -0.05) is 73.7 Å². The van der Waals surface area contributed by atoms with Gasteiger partial charge in [0, 0.05) is 16.6 Å². The molecule has 5 rings (SSSR count). The summed E-state index contributed by atoms with van der Waals surface area (Å²) in [7, 11) is 0. The van der Waals surface area contributed by atoms with Crippen LogP contribution >= 0.6 is 15.9 Å². The van der Waals surface area contributed by atoms with Gasteiger partial charge in [-0.15, -0.1) is 0 Å². The monoisotopic (exact) mass is 575 g/mol. The Morgan fingerprint density at radius 2 is 1.89 bits per heavy atom. The first-order valence-corrected chi connectivity index (χ1v) is 14.6. The number of aliphatic hydroxyl groups excluding tert-OH is 1. The molecule has 1 aromatic carbocycles. The first kappa shape index (κ1) is 26.6. The number of carbonyl (C=O) groups excluding carboxylic acids is 3. The third-order valence-corrected chi connectivity index (χ3v) is 9.96. The number of para-hydroxylation sites is 1. The van der Waals surface area contributed by atoms with Crippen molar-refractivity contribution < 1.29 is 24.2 Å². The highest BCUT2D eigenvalue weighted by molar-refractivity contribution is 9.09. The Kier molecular flexibility index (Phi) is 7.67. The van der Waals surface area contributed by atoms with Gasteiger partial charge >= 0.3 is 0 Å². The van der Waals surface area contributed by atoms with Crippen molar-refractivity contribution in [1.29, 1.82) is 0 Å². The number of hydrogen-bond donors (Lipinski definition) is 3. The number of fused-ring (bicyclic) bond motifs is 1. The van der Waals surface area contributed by atoms with E-state index in [1.807, 2.05) is 32.0 Å². The van der Waals surface area contributed by atoms with Gasteiger partial charge in [-0.25, -0.2) is 0 Å². The van der Waals surface area contributed by atoms with Crippen LogP contribution in [0.1, 0.15) is 58.8 Å². The second kappa shape index (κ2) is 10.7. The molecule has 3 saturated heterocycles. The van der Waals surface area contributed by atoms with Crippen molar-refractivity contribution in [1.82, 2.24) is 10.2 Å². The van der Waals surface area contributed by atoms with E-state index in [0.29, 0.717) is 12.1 Å². The Morgan fingerprint density at radius 3 is 2.54 bits per heavy atom. The SMILES string of the molecule is CC[C@H](C)[C@H](CO)N1C(=O)[C@@H]2[C@@H](C(=O)Nc3ccccc3)[C@@H]3OC2(CC3Br)C1C(=O)NC1CCCCC1. The van der Waals surface area contributed by atoms with E-state index in [0.717, 1.165) is 32.1 Å². The number of aliphatic hydroxyl groups is 1. The fraction of sp³-hybridized carbons (Fsp3) is 0.679. The zero-order chi connectivity index (χ0) is 26.3. The lowest BCUT2D eigenvalue weighted by Crippen LogP contribution is -2.60. The molecule has 8 nitrogen and oxygen atoms in total. The normalized spacial score (nSPS) is 34.8. The maximum absolute atomic E-state index is 14.2. The van der Waals surface area contributed by atoms with Crippen LogP contribution < -0.4 is 10.6 Å². The van der Waals surface area contributed by atoms with Gasteiger partial charge in [-0.05, 0) is 37.3 Å². The molecule has 202 valence electrons. The molecule has 1 aromatic rings. The summed E-state index contributed by atoms with van der Waals surface area (Å²) in [5.74, 6) is -2.32. The third kappa shape index (κ3) is 4.51. The lowest BCUT2D eigenvalue weighted by atomic mass is 9.70. The molecule has 9 heteroatoms. The smallest absolute Gasteiger partial charge is 0.246 e. The van der Waals surface area contributed by atoms with Crippen molar-refractivity contribution in [3.05, 3.63) is 30.3 Å². The fourth-order valence-electron chi connectivity index (χ4n) is 7.11. The van der Waals surface area contributed by atoms with Crippen LogP contribution in [0, 0.1) is 17.8 Å².